The molecule has 3 aromatic carbocycles. The highest BCUT2D eigenvalue weighted by atomic mass is 35.5. The van der Waals surface area contributed by atoms with Gasteiger partial charge in [0.1, 0.15) is 12.4 Å². The molecule has 0 aliphatic rings. The second-order valence-corrected chi connectivity index (χ2v) is 11.0. The summed E-state index contributed by atoms with van der Waals surface area (Å²) in [6.07, 6.45) is 1.44. The molecule has 196 valence electrons. The molecule has 38 heavy (non-hydrogen) atoms. The van der Waals surface area contributed by atoms with Gasteiger partial charge in [0.05, 0.1) is 32.5 Å². The van der Waals surface area contributed by atoms with Crippen LogP contribution in [0.1, 0.15) is 17.0 Å². The van der Waals surface area contributed by atoms with Crippen LogP contribution in [0.2, 0.25) is 10.0 Å². The Bertz CT molecular complexity index is 1620. The van der Waals surface area contributed by atoms with Gasteiger partial charge in [0.2, 0.25) is 0 Å². The molecule has 1 heterocycles. The van der Waals surface area contributed by atoms with Gasteiger partial charge < -0.3 is 4.57 Å². The van der Waals surface area contributed by atoms with E-state index >= 15 is 0 Å². The zero-order chi connectivity index (χ0) is 27.4. The third kappa shape index (κ3) is 5.60. The fourth-order valence-electron chi connectivity index (χ4n) is 3.97. The Hall–Kier alpha value is -3.66. The standard InChI is InChI=1S/C27H23Cl2FN4O3S/c1-18-15-20(19(2)34(18)25-14-8-11-22(28)27(25)29)16-31-32-26(35)17-33(24-13-7-6-12-23(24)30)38(36,37)21-9-4-3-5-10-21/h3-16H,17H2,1-2H3,(H,32,35)/b31-16-. The minimum Gasteiger partial charge on any atom is -0.316 e. The Kier molecular flexibility index (Phi) is 8.20. The lowest BCUT2D eigenvalue weighted by molar-refractivity contribution is -0.119. The number of rotatable bonds is 8. The molecule has 4 rings (SSSR count). The Labute approximate surface area is 230 Å². The fourth-order valence-corrected chi connectivity index (χ4v) is 5.80. The number of hydrogen-bond acceptors (Lipinski definition) is 4. The van der Waals surface area contributed by atoms with Gasteiger partial charge in [0, 0.05) is 17.0 Å². The molecule has 1 amide bonds. The predicted octanol–water partition coefficient (Wildman–Crippen LogP) is 5.89. The molecule has 0 aliphatic carbocycles. The van der Waals surface area contributed by atoms with Gasteiger partial charge in [-0.25, -0.2) is 18.2 Å². The maximum absolute atomic E-state index is 14.6. The van der Waals surface area contributed by atoms with Crippen molar-refractivity contribution in [2.75, 3.05) is 10.8 Å². The molecule has 0 saturated heterocycles. The number of para-hydroxylation sites is 1. The topological polar surface area (TPSA) is 83.8 Å². The number of carbonyl (C=O) groups excluding carboxylic acids is 1. The average Bonchev–Trinajstić information content (AvgIpc) is 3.17. The molecular formula is C27H23Cl2FN4O3S. The summed E-state index contributed by atoms with van der Waals surface area (Å²) in [6.45, 7) is 3.06. The lowest BCUT2D eigenvalue weighted by atomic mass is 10.2. The van der Waals surface area contributed by atoms with Crippen LogP contribution in [0.15, 0.2) is 88.9 Å². The highest BCUT2D eigenvalue weighted by molar-refractivity contribution is 7.92. The van der Waals surface area contributed by atoms with Crippen LogP contribution in [0.25, 0.3) is 5.69 Å². The van der Waals surface area contributed by atoms with E-state index in [1.54, 1.807) is 30.3 Å². The molecule has 1 aromatic heterocycles. The fraction of sp³-hybridized carbons (Fsp3) is 0.111. The Morgan fingerprint density at radius 1 is 1.03 bits per heavy atom. The number of anilines is 1. The molecule has 11 heteroatoms. The van der Waals surface area contributed by atoms with E-state index in [1.807, 2.05) is 30.5 Å². The van der Waals surface area contributed by atoms with Gasteiger partial charge in [-0.2, -0.15) is 5.10 Å². The summed E-state index contributed by atoms with van der Waals surface area (Å²) >= 11 is 12.6. The first-order chi connectivity index (χ1) is 18.1. The van der Waals surface area contributed by atoms with Crippen molar-refractivity contribution in [3.63, 3.8) is 0 Å². The number of aryl methyl sites for hydroxylation is 1. The molecule has 1 N–H and O–H groups in total. The second kappa shape index (κ2) is 11.4. The summed E-state index contributed by atoms with van der Waals surface area (Å²) in [5, 5.41) is 4.83. The number of halogens is 3. The molecular weight excluding hydrogens is 550 g/mol. The van der Waals surface area contributed by atoms with E-state index in [1.165, 1.54) is 36.5 Å². The monoisotopic (exact) mass is 572 g/mol. The maximum atomic E-state index is 14.6. The average molecular weight is 573 g/mol. The molecule has 0 spiro atoms. The highest BCUT2D eigenvalue weighted by Gasteiger charge is 2.29. The molecule has 0 atom stereocenters. The summed E-state index contributed by atoms with van der Waals surface area (Å²) in [7, 11) is -4.24. The van der Waals surface area contributed by atoms with Gasteiger partial charge >= 0.3 is 0 Å². The lowest BCUT2D eigenvalue weighted by Gasteiger charge is -2.24. The van der Waals surface area contributed by atoms with Crippen LogP contribution < -0.4 is 9.73 Å². The highest BCUT2D eigenvalue weighted by Crippen LogP contribution is 2.31. The third-order valence-electron chi connectivity index (χ3n) is 5.77. The number of carbonyl (C=O) groups is 1. The number of aromatic nitrogens is 1. The van der Waals surface area contributed by atoms with Gasteiger partial charge in [-0.05, 0) is 56.3 Å². The van der Waals surface area contributed by atoms with Crippen LogP contribution >= 0.6 is 23.2 Å². The Morgan fingerprint density at radius 2 is 1.71 bits per heavy atom. The van der Waals surface area contributed by atoms with Gasteiger partial charge in [-0.3, -0.25) is 9.10 Å². The normalized spacial score (nSPS) is 11.6. The quantitative estimate of drug-likeness (QED) is 0.211. The van der Waals surface area contributed by atoms with Gasteiger partial charge in [-0.1, -0.05) is 59.6 Å². The van der Waals surface area contributed by atoms with Crippen LogP contribution in [-0.4, -0.2) is 31.7 Å². The smallest absolute Gasteiger partial charge is 0.264 e. The number of benzene rings is 3. The number of hydrazone groups is 1. The van der Waals surface area contributed by atoms with Crippen LogP contribution in [0.5, 0.6) is 0 Å². The molecule has 4 aromatic rings. The van der Waals surface area contributed by atoms with E-state index in [-0.39, 0.29) is 10.6 Å². The molecule has 7 nitrogen and oxygen atoms in total. The van der Waals surface area contributed by atoms with Gasteiger partial charge in [-0.15, -0.1) is 0 Å². The minimum atomic E-state index is -4.24. The summed E-state index contributed by atoms with van der Waals surface area (Å²) in [6, 6.07) is 20.0. The molecule has 0 saturated carbocycles. The predicted molar refractivity (Wildman–Crippen MR) is 148 cm³/mol. The van der Waals surface area contributed by atoms with E-state index in [4.69, 9.17) is 23.2 Å². The number of nitrogens with one attached hydrogen (secondary N) is 1. The number of amides is 1. The van der Waals surface area contributed by atoms with Gasteiger partial charge in [0.15, 0.2) is 0 Å². The largest absolute Gasteiger partial charge is 0.316 e. The van der Waals surface area contributed by atoms with E-state index in [0.29, 0.717) is 21.3 Å². The van der Waals surface area contributed by atoms with Crippen molar-refractivity contribution in [3.05, 3.63) is 112 Å². The van der Waals surface area contributed by atoms with E-state index in [2.05, 4.69) is 10.5 Å². The Morgan fingerprint density at radius 3 is 2.42 bits per heavy atom. The zero-order valence-corrected chi connectivity index (χ0v) is 22.7. The van der Waals surface area contributed by atoms with Crippen molar-refractivity contribution in [2.24, 2.45) is 5.10 Å². The first kappa shape index (κ1) is 27.4. The SMILES string of the molecule is Cc1cc(/C=N\NC(=O)CN(c2ccccc2F)S(=O)(=O)c2ccccc2)c(C)n1-c1cccc(Cl)c1Cl. The van der Waals surface area contributed by atoms with Crippen molar-refractivity contribution in [1.82, 2.24) is 9.99 Å². The molecule has 0 aliphatic heterocycles. The molecule has 0 fully saturated rings. The first-order valence-electron chi connectivity index (χ1n) is 11.4. The summed E-state index contributed by atoms with van der Waals surface area (Å²) in [4.78, 5) is 12.7. The third-order valence-corrected chi connectivity index (χ3v) is 8.36. The Balaban J connectivity index is 1.57. The number of sulfonamides is 1. The van der Waals surface area contributed by atoms with E-state index in [9.17, 15) is 17.6 Å². The summed E-state index contributed by atoms with van der Waals surface area (Å²) in [5.41, 5.74) is 5.13. The minimum absolute atomic E-state index is 0.0772. The van der Waals surface area contributed by atoms with Crippen molar-refractivity contribution in [1.29, 1.82) is 0 Å². The molecule has 0 radical (unpaired) electrons. The van der Waals surface area contributed by atoms with Crippen LogP contribution in [0.4, 0.5) is 10.1 Å². The lowest BCUT2D eigenvalue weighted by Crippen LogP contribution is -2.40. The van der Waals surface area contributed by atoms with Crippen molar-refractivity contribution in [2.45, 2.75) is 18.7 Å². The number of hydrogen-bond donors (Lipinski definition) is 1. The van der Waals surface area contributed by atoms with Crippen LogP contribution in [0.3, 0.4) is 0 Å². The van der Waals surface area contributed by atoms with E-state index < -0.39 is 28.3 Å². The number of nitrogens with zero attached hydrogens (tertiary/aromatic N) is 3. The van der Waals surface area contributed by atoms with Gasteiger partial charge in [0.25, 0.3) is 15.9 Å². The maximum Gasteiger partial charge on any atom is 0.264 e. The van der Waals surface area contributed by atoms with Crippen LogP contribution in [-0.2, 0) is 14.8 Å². The summed E-state index contributed by atoms with van der Waals surface area (Å²) < 4.78 is 43.8. The van der Waals surface area contributed by atoms with E-state index in [0.717, 1.165) is 21.8 Å². The van der Waals surface area contributed by atoms with Crippen LogP contribution in [0, 0.1) is 19.7 Å². The first-order valence-corrected chi connectivity index (χ1v) is 13.6. The molecule has 0 bridgehead atoms. The van der Waals surface area contributed by atoms with Crippen molar-refractivity contribution in [3.8, 4) is 5.69 Å². The molecule has 0 unspecified atom stereocenters. The van der Waals surface area contributed by atoms with Crippen molar-refractivity contribution < 1.29 is 17.6 Å². The van der Waals surface area contributed by atoms with Crippen molar-refractivity contribution >= 4 is 51.0 Å². The second-order valence-electron chi connectivity index (χ2n) is 8.30. The zero-order valence-electron chi connectivity index (χ0n) is 20.4. The summed E-state index contributed by atoms with van der Waals surface area (Å²) in [5.74, 6) is -1.54.